The Balaban J connectivity index is 1.59. The Bertz CT molecular complexity index is 1070. The summed E-state index contributed by atoms with van der Waals surface area (Å²) < 4.78 is 40.9. The van der Waals surface area contributed by atoms with Crippen LogP contribution in [0.5, 0.6) is 0 Å². The van der Waals surface area contributed by atoms with E-state index >= 15 is 0 Å². The zero-order chi connectivity index (χ0) is 18.5. The van der Waals surface area contributed by atoms with Crippen LogP contribution in [0.25, 0.3) is 16.6 Å². The Hall–Kier alpha value is -2.52. The number of para-hydroxylation sites is 1. The first-order chi connectivity index (χ1) is 12.4. The molecule has 1 aromatic carbocycles. The second-order valence-corrected chi connectivity index (χ2v) is 8.91. The van der Waals surface area contributed by atoms with Gasteiger partial charge in [-0.25, -0.2) is 26.8 Å². The minimum atomic E-state index is -3.26. The van der Waals surface area contributed by atoms with Crippen LogP contribution in [0.1, 0.15) is 0 Å². The molecule has 1 aliphatic rings. The van der Waals surface area contributed by atoms with Crippen molar-refractivity contribution in [2.75, 3.05) is 32.1 Å². The largest absolute Gasteiger partial charge is 0.354 e. The minimum absolute atomic E-state index is 0.354. The van der Waals surface area contributed by atoms with E-state index in [1.165, 1.54) is 29.1 Å². The first-order valence-corrected chi connectivity index (χ1v) is 9.63. The number of rotatable bonds is 4. The first-order valence-electron chi connectivity index (χ1n) is 8.13. The van der Waals surface area contributed by atoms with Crippen LogP contribution in [0.3, 0.4) is 0 Å². The van der Waals surface area contributed by atoms with Crippen LogP contribution in [0.15, 0.2) is 42.7 Å². The smallest absolute Gasteiger partial charge is 0.219 e. The minimum Gasteiger partial charge on any atom is -0.354 e. The van der Waals surface area contributed by atoms with Crippen LogP contribution in [0.4, 0.5) is 10.2 Å². The molecule has 0 saturated carbocycles. The maximum atomic E-state index is 13.9. The fourth-order valence-electron chi connectivity index (χ4n) is 2.95. The van der Waals surface area contributed by atoms with E-state index in [0.717, 1.165) is 5.39 Å². The van der Waals surface area contributed by atoms with Gasteiger partial charge in [-0.3, -0.25) is 0 Å². The molecule has 0 atom stereocenters. The molecule has 7 nitrogen and oxygen atoms in total. The van der Waals surface area contributed by atoms with E-state index in [4.69, 9.17) is 0 Å². The molecule has 0 radical (unpaired) electrons. The Morgan fingerprint density at radius 2 is 1.96 bits per heavy atom. The molecule has 1 fully saturated rings. The molecule has 3 aromatic rings. The van der Waals surface area contributed by atoms with Crippen LogP contribution in [-0.4, -0.2) is 59.9 Å². The molecule has 1 aliphatic heterocycles. The summed E-state index contributed by atoms with van der Waals surface area (Å²) in [6.07, 6.45) is 3.39. The monoisotopic (exact) mass is 375 g/mol. The third-order valence-corrected chi connectivity index (χ3v) is 6.73. The molecule has 0 aliphatic carbocycles. The van der Waals surface area contributed by atoms with Crippen LogP contribution in [0.2, 0.25) is 0 Å². The van der Waals surface area contributed by atoms with Gasteiger partial charge in [0.1, 0.15) is 22.6 Å². The lowest BCUT2D eigenvalue weighted by molar-refractivity contribution is 0.479. The van der Waals surface area contributed by atoms with E-state index in [9.17, 15) is 12.8 Å². The van der Waals surface area contributed by atoms with Gasteiger partial charge in [0.2, 0.25) is 10.0 Å². The molecule has 1 saturated heterocycles. The van der Waals surface area contributed by atoms with Gasteiger partial charge in [-0.2, -0.15) is 5.10 Å². The molecule has 0 bridgehead atoms. The number of pyridine rings is 1. The van der Waals surface area contributed by atoms with E-state index in [1.54, 1.807) is 36.7 Å². The fraction of sp³-hybridized carbons (Fsp3) is 0.294. The summed E-state index contributed by atoms with van der Waals surface area (Å²) in [5.74, 6) is 0.314. The van der Waals surface area contributed by atoms with Crippen molar-refractivity contribution in [3.8, 4) is 5.69 Å². The lowest BCUT2D eigenvalue weighted by Gasteiger charge is -2.40. The van der Waals surface area contributed by atoms with Crippen LogP contribution >= 0.6 is 0 Å². The number of aromatic nitrogens is 3. The van der Waals surface area contributed by atoms with Gasteiger partial charge in [-0.05, 0) is 12.1 Å². The second-order valence-electron chi connectivity index (χ2n) is 6.48. The molecule has 0 spiro atoms. The maximum Gasteiger partial charge on any atom is 0.219 e. The van der Waals surface area contributed by atoms with Gasteiger partial charge in [0.05, 0.1) is 5.52 Å². The Labute approximate surface area is 150 Å². The highest BCUT2D eigenvalue weighted by Gasteiger charge is 2.39. The van der Waals surface area contributed by atoms with Gasteiger partial charge < -0.3 is 4.90 Å². The number of fused-ring (bicyclic) bond motifs is 1. The molecule has 2 aromatic heterocycles. The molecule has 136 valence electrons. The van der Waals surface area contributed by atoms with Crippen molar-refractivity contribution in [1.82, 2.24) is 19.1 Å². The van der Waals surface area contributed by atoms with Crippen LogP contribution < -0.4 is 4.90 Å². The van der Waals surface area contributed by atoms with Crippen molar-refractivity contribution in [2.24, 2.45) is 0 Å². The molecule has 0 amide bonds. The van der Waals surface area contributed by atoms with Gasteiger partial charge in [-0.1, -0.05) is 12.1 Å². The van der Waals surface area contributed by atoms with E-state index < -0.39 is 15.3 Å². The lowest BCUT2D eigenvalue weighted by Crippen LogP contribution is -2.57. The zero-order valence-corrected chi connectivity index (χ0v) is 15.2. The number of hydrogen-bond acceptors (Lipinski definition) is 5. The number of hydrogen-bond donors (Lipinski definition) is 0. The first kappa shape index (κ1) is 16.9. The van der Waals surface area contributed by atoms with Crippen molar-refractivity contribution in [1.29, 1.82) is 0 Å². The zero-order valence-electron chi connectivity index (χ0n) is 14.4. The van der Waals surface area contributed by atoms with Gasteiger partial charge in [0, 0.05) is 51.0 Å². The van der Waals surface area contributed by atoms with Gasteiger partial charge in [-0.15, -0.1) is 0 Å². The second kappa shape index (κ2) is 6.03. The van der Waals surface area contributed by atoms with Gasteiger partial charge in [0.25, 0.3) is 0 Å². The average Bonchev–Trinajstić information content (AvgIpc) is 2.96. The average molecular weight is 375 g/mol. The summed E-state index contributed by atoms with van der Waals surface area (Å²) in [5.41, 5.74) is 1.04. The third kappa shape index (κ3) is 2.73. The standard InChI is InChI=1S/C17H18FN5O2S/c1-21(2)26(24,25)13-10-22(11-13)17-7-15-12(8-19-17)9-23(20-15)16-6-4-3-5-14(16)18/h3-9,13H,10-11H2,1-2H3. The highest BCUT2D eigenvalue weighted by molar-refractivity contribution is 7.89. The molecule has 9 heteroatoms. The van der Waals surface area contributed by atoms with E-state index in [1.807, 2.05) is 4.90 Å². The van der Waals surface area contributed by atoms with Crippen molar-refractivity contribution >= 4 is 26.7 Å². The van der Waals surface area contributed by atoms with Crippen LogP contribution in [-0.2, 0) is 10.0 Å². The van der Waals surface area contributed by atoms with Gasteiger partial charge in [0.15, 0.2) is 0 Å². The normalized spacial score (nSPS) is 15.6. The summed E-state index contributed by atoms with van der Waals surface area (Å²) in [6.45, 7) is 0.792. The van der Waals surface area contributed by atoms with Crippen molar-refractivity contribution in [3.05, 3.63) is 48.5 Å². The predicted molar refractivity (Wildman–Crippen MR) is 97.4 cm³/mol. The van der Waals surface area contributed by atoms with Crippen LogP contribution in [0, 0.1) is 5.82 Å². The molecule has 4 rings (SSSR count). The van der Waals surface area contributed by atoms with Gasteiger partial charge >= 0.3 is 0 Å². The third-order valence-electron chi connectivity index (χ3n) is 4.58. The van der Waals surface area contributed by atoms with E-state index in [-0.39, 0.29) is 5.82 Å². The molecule has 3 heterocycles. The molecular weight excluding hydrogens is 357 g/mol. The summed E-state index contributed by atoms with van der Waals surface area (Å²) in [7, 11) is -0.179. The highest BCUT2D eigenvalue weighted by atomic mass is 32.2. The maximum absolute atomic E-state index is 13.9. The predicted octanol–water partition coefficient (Wildman–Crippen LogP) is 1.64. The molecular formula is C17H18FN5O2S. The number of nitrogens with zero attached hydrogens (tertiary/aromatic N) is 5. The topological polar surface area (TPSA) is 71.3 Å². The Kier molecular flexibility index (Phi) is 3.92. The number of halogens is 1. The lowest BCUT2D eigenvalue weighted by atomic mass is 10.2. The van der Waals surface area contributed by atoms with Crippen molar-refractivity contribution in [3.63, 3.8) is 0 Å². The Morgan fingerprint density at radius 1 is 1.23 bits per heavy atom. The summed E-state index contributed by atoms with van der Waals surface area (Å²) >= 11 is 0. The van der Waals surface area contributed by atoms with E-state index in [2.05, 4.69) is 10.1 Å². The fourth-order valence-corrected chi connectivity index (χ4v) is 4.29. The quantitative estimate of drug-likeness (QED) is 0.693. The number of anilines is 1. The molecule has 0 N–H and O–H groups in total. The summed E-state index contributed by atoms with van der Waals surface area (Å²) in [5, 5.41) is 4.79. The summed E-state index contributed by atoms with van der Waals surface area (Å²) in [6, 6.07) is 8.22. The molecule has 0 unspecified atom stereocenters. The molecule has 26 heavy (non-hydrogen) atoms. The highest BCUT2D eigenvalue weighted by Crippen LogP contribution is 2.26. The Morgan fingerprint density at radius 3 is 2.65 bits per heavy atom. The van der Waals surface area contributed by atoms with Crippen molar-refractivity contribution < 1.29 is 12.8 Å². The van der Waals surface area contributed by atoms with Crippen molar-refractivity contribution in [2.45, 2.75) is 5.25 Å². The number of benzene rings is 1. The summed E-state index contributed by atoms with van der Waals surface area (Å²) in [4.78, 5) is 6.29. The number of sulfonamides is 1. The van der Waals surface area contributed by atoms with E-state index in [0.29, 0.717) is 30.1 Å². The SMILES string of the molecule is CN(C)S(=O)(=O)C1CN(c2cc3nn(-c4ccccc4F)cc3cn2)C1.